The van der Waals surface area contributed by atoms with Crippen molar-refractivity contribution in [3.05, 3.63) is 95.1 Å². The molecule has 0 bridgehead atoms. The monoisotopic (exact) mass is 400 g/mol. The number of anilines is 1. The molecular formula is C24H20N2O4. The van der Waals surface area contributed by atoms with E-state index < -0.39 is 6.23 Å². The summed E-state index contributed by atoms with van der Waals surface area (Å²) in [5.41, 5.74) is 3.69. The highest BCUT2D eigenvalue weighted by molar-refractivity contribution is 6.06. The maximum absolute atomic E-state index is 12.5. The smallest absolute Gasteiger partial charge is 0.255 e. The van der Waals surface area contributed by atoms with Gasteiger partial charge in [0, 0.05) is 22.4 Å². The van der Waals surface area contributed by atoms with Crippen molar-refractivity contribution in [3.63, 3.8) is 0 Å². The van der Waals surface area contributed by atoms with Crippen molar-refractivity contribution in [2.24, 2.45) is 0 Å². The Balaban J connectivity index is 1.60. The van der Waals surface area contributed by atoms with E-state index in [1.807, 2.05) is 18.2 Å². The van der Waals surface area contributed by atoms with Gasteiger partial charge in [-0.2, -0.15) is 0 Å². The van der Waals surface area contributed by atoms with Crippen molar-refractivity contribution in [2.45, 2.75) is 6.23 Å². The predicted octanol–water partition coefficient (Wildman–Crippen LogP) is 3.55. The van der Waals surface area contributed by atoms with Gasteiger partial charge in [-0.05, 0) is 59.7 Å². The van der Waals surface area contributed by atoms with Gasteiger partial charge in [-0.25, -0.2) is 0 Å². The van der Waals surface area contributed by atoms with Crippen LogP contribution in [0.5, 0.6) is 5.75 Å². The third-order valence-electron chi connectivity index (χ3n) is 4.86. The van der Waals surface area contributed by atoms with Crippen LogP contribution in [0.4, 0.5) is 5.69 Å². The van der Waals surface area contributed by atoms with Crippen molar-refractivity contribution >= 4 is 29.2 Å². The highest BCUT2D eigenvalue weighted by Gasteiger charge is 2.26. The Bertz CT molecular complexity index is 1140. The molecule has 1 aliphatic heterocycles. The number of fused-ring (bicyclic) bond motifs is 1. The summed E-state index contributed by atoms with van der Waals surface area (Å²) < 4.78 is 5.11. The van der Waals surface area contributed by atoms with E-state index in [1.165, 1.54) is 0 Å². The average Bonchev–Trinajstić information content (AvgIpc) is 2.77. The van der Waals surface area contributed by atoms with Gasteiger partial charge in [0.05, 0.1) is 7.11 Å². The Hall–Kier alpha value is -3.90. The van der Waals surface area contributed by atoms with Gasteiger partial charge in [0.1, 0.15) is 5.75 Å². The van der Waals surface area contributed by atoms with E-state index in [9.17, 15) is 14.7 Å². The molecule has 2 amide bonds. The Labute approximate surface area is 173 Å². The standard InChI is InChI=1S/C24H20N2O4/c1-30-18-11-9-16(10-12-18)22(27)25-17-6-4-5-15(13-17)14-21-19-7-2-3-8-20(19)23(28)26-24(21)29/h2-14,24,29H,1H3,(H,25,27)(H,26,28)/b21-14-. The van der Waals surface area contributed by atoms with E-state index in [-0.39, 0.29) is 11.8 Å². The van der Waals surface area contributed by atoms with E-state index in [4.69, 9.17) is 4.74 Å². The predicted molar refractivity (Wildman–Crippen MR) is 115 cm³/mol. The molecule has 0 saturated heterocycles. The number of aliphatic hydroxyl groups excluding tert-OH is 1. The third-order valence-corrected chi connectivity index (χ3v) is 4.86. The van der Waals surface area contributed by atoms with Crippen molar-refractivity contribution < 1.29 is 19.4 Å². The number of amides is 2. The highest BCUT2D eigenvalue weighted by Crippen LogP contribution is 2.28. The fourth-order valence-electron chi connectivity index (χ4n) is 3.35. The number of aliphatic hydroxyl groups is 1. The molecule has 6 nitrogen and oxygen atoms in total. The molecule has 0 aliphatic carbocycles. The van der Waals surface area contributed by atoms with Crippen molar-refractivity contribution in [1.82, 2.24) is 5.32 Å². The van der Waals surface area contributed by atoms with Gasteiger partial charge in [-0.3, -0.25) is 9.59 Å². The minimum atomic E-state index is -1.11. The zero-order chi connectivity index (χ0) is 21.1. The molecule has 3 aromatic carbocycles. The number of benzene rings is 3. The molecule has 4 rings (SSSR count). The molecule has 3 aromatic rings. The summed E-state index contributed by atoms with van der Waals surface area (Å²) in [6.07, 6.45) is 0.691. The number of carbonyl (C=O) groups excluding carboxylic acids is 2. The average molecular weight is 400 g/mol. The number of hydrogen-bond acceptors (Lipinski definition) is 4. The molecule has 1 atom stereocenters. The first kappa shape index (κ1) is 19.4. The Morgan fingerprint density at radius 3 is 2.50 bits per heavy atom. The first-order chi connectivity index (χ1) is 14.5. The molecule has 30 heavy (non-hydrogen) atoms. The van der Waals surface area contributed by atoms with Crippen LogP contribution in [0.15, 0.2) is 72.8 Å². The lowest BCUT2D eigenvalue weighted by Gasteiger charge is -2.25. The molecule has 0 fully saturated rings. The van der Waals surface area contributed by atoms with Crippen LogP contribution in [-0.2, 0) is 0 Å². The second-order valence-corrected chi connectivity index (χ2v) is 6.83. The molecule has 3 N–H and O–H groups in total. The van der Waals surface area contributed by atoms with E-state index in [1.54, 1.807) is 67.8 Å². The molecule has 0 radical (unpaired) electrons. The molecule has 1 heterocycles. The van der Waals surface area contributed by atoms with Crippen LogP contribution < -0.4 is 15.4 Å². The number of ether oxygens (including phenoxy) is 1. The maximum Gasteiger partial charge on any atom is 0.255 e. The lowest BCUT2D eigenvalue weighted by molar-refractivity contribution is 0.0851. The summed E-state index contributed by atoms with van der Waals surface area (Å²) in [7, 11) is 1.57. The molecule has 1 unspecified atom stereocenters. The van der Waals surface area contributed by atoms with Crippen LogP contribution in [0.2, 0.25) is 0 Å². The van der Waals surface area contributed by atoms with Crippen molar-refractivity contribution in [3.8, 4) is 5.75 Å². The lowest BCUT2D eigenvalue weighted by Crippen LogP contribution is -2.40. The summed E-state index contributed by atoms with van der Waals surface area (Å²) >= 11 is 0. The van der Waals surface area contributed by atoms with Crippen LogP contribution in [0.25, 0.3) is 11.6 Å². The fourth-order valence-corrected chi connectivity index (χ4v) is 3.35. The highest BCUT2D eigenvalue weighted by atomic mass is 16.5. The molecule has 1 aliphatic rings. The summed E-state index contributed by atoms with van der Waals surface area (Å²) in [6, 6.07) is 21.2. The Morgan fingerprint density at radius 2 is 1.77 bits per heavy atom. The second-order valence-electron chi connectivity index (χ2n) is 6.83. The van der Waals surface area contributed by atoms with Gasteiger partial charge in [0.15, 0.2) is 6.23 Å². The molecular weight excluding hydrogens is 380 g/mol. The Kier molecular flexibility index (Phi) is 5.32. The minimum absolute atomic E-state index is 0.238. The van der Waals surface area contributed by atoms with E-state index in [0.29, 0.717) is 33.7 Å². The largest absolute Gasteiger partial charge is 0.497 e. The first-order valence-electron chi connectivity index (χ1n) is 9.40. The molecule has 6 heteroatoms. The quantitative estimate of drug-likeness (QED) is 0.625. The van der Waals surface area contributed by atoms with Gasteiger partial charge in [0.25, 0.3) is 11.8 Å². The van der Waals surface area contributed by atoms with E-state index >= 15 is 0 Å². The van der Waals surface area contributed by atoms with Crippen LogP contribution in [-0.4, -0.2) is 30.3 Å². The van der Waals surface area contributed by atoms with E-state index in [2.05, 4.69) is 10.6 Å². The van der Waals surface area contributed by atoms with Gasteiger partial charge in [-0.1, -0.05) is 30.3 Å². The number of carbonyl (C=O) groups is 2. The zero-order valence-corrected chi connectivity index (χ0v) is 16.3. The summed E-state index contributed by atoms with van der Waals surface area (Å²) in [4.78, 5) is 24.6. The molecule has 0 saturated carbocycles. The number of methoxy groups -OCH3 is 1. The SMILES string of the molecule is COc1ccc(C(=O)Nc2cccc(/C=C3/c4ccccc4C(=O)NC3O)c2)cc1. The van der Waals surface area contributed by atoms with E-state index in [0.717, 1.165) is 5.56 Å². The van der Waals surface area contributed by atoms with Gasteiger partial charge in [-0.15, -0.1) is 0 Å². The van der Waals surface area contributed by atoms with Crippen LogP contribution in [0, 0.1) is 0 Å². The lowest BCUT2D eigenvalue weighted by atomic mass is 9.92. The third kappa shape index (κ3) is 3.94. The first-order valence-corrected chi connectivity index (χ1v) is 9.40. The van der Waals surface area contributed by atoms with Gasteiger partial charge < -0.3 is 20.5 Å². The molecule has 0 aromatic heterocycles. The van der Waals surface area contributed by atoms with Gasteiger partial charge in [0.2, 0.25) is 0 Å². The summed E-state index contributed by atoms with van der Waals surface area (Å²) in [5, 5.41) is 15.8. The Morgan fingerprint density at radius 1 is 1.03 bits per heavy atom. The number of rotatable bonds is 4. The maximum atomic E-state index is 12.5. The van der Waals surface area contributed by atoms with Crippen LogP contribution in [0.3, 0.4) is 0 Å². The van der Waals surface area contributed by atoms with Crippen LogP contribution in [0.1, 0.15) is 31.8 Å². The number of nitrogens with one attached hydrogen (secondary N) is 2. The van der Waals surface area contributed by atoms with Gasteiger partial charge >= 0.3 is 0 Å². The fraction of sp³-hybridized carbons (Fsp3) is 0.0833. The topological polar surface area (TPSA) is 87.7 Å². The number of hydrogen-bond donors (Lipinski definition) is 3. The zero-order valence-electron chi connectivity index (χ0n) is 16.3. The minimum Gasteiger partial charge on any atom is -0.497 e. The summed E-state index contributed by atoms with van der Waals surface area (Å²) in [6.45, 7) is 0. The normalized spacial score (nSPS) is 16.5. The van der Waals surface area contributed by atoms with Crippen LogP contribution >= 0.6 is 0 Å². The van der Waals surface area contributed by atoms with Crippen molar-refractivity contribution in [1.29, 1.82) is 0 Å². The van der Waals surface area contributed by atoms with Crippen molar-refractivity contribution in [2.75, 3.05) is 12.4 Å². The molecule has 0 spiro atoms. The second kappa shape index (κ2) is 8.23. The molecule has 150 valence electrons. The summed E-state index contributed by atoms with van der Waals surface area (Å²) in [5.74, 6) is 0.132.